The molecule has 0 saturated heterocycles. The standard InChI is InChI=1S/C11H19N3/c1-5-10-13-9(4)6-11(14-10)12-7-8(2)3/h6,8H,5,7H2,1-4H3,(H,12,13,14). The molecule has 1 N–H and O–H groups in total. The minimum Gasteiger partial charge on any atom is -0.370 e. The zero-order valence-electron chi connectivity index (χ0n) is 9.46. The summed E-state index contributed by atoms with van der Waals surface area (Å²) < 4.78 is 0. The van der Waals surface area contributed by atoms with Gasteiger partial charge in [-0.1, -0.05) is 20.8 Å². The second-order valence-corrected chi connectivity index (χ2v) is 3.94. The second kappa shape index (κ2) is 4.94. The fourth-order valence-corrected chi connectivity index (χ4v) is 1.19. The summed E-state index contributed by atoms with van der Waals surface area (Å²) in [4.78, 5) is 8.73. The average Bonchev–Trinajstić information content (AvgIpc) is 2.14. The van der Waals surface area contributed by atoms with Gasteiger partial charge in [-0.2, -0.15) is 0 Å². The van der Waals surface area contributed by atoms with Crippen molar-refractivity contribution < 1.29 is 0 Å². The fourth-order valence-electron chi connectivity index (χ4n) is 1.19. The largest absolute Gasteiger partial charge is 0.370 e. The molecule has 0 atom stereocenters. The van der Waals surface area contributed by atoms with E-state index < -0.39 is 0 Å². The van der Waals surface area contributed by atoms with Crippen LogP contribution in [-0.2, 0) is 6.42 Å². The molecule has 0 aliphatic heterocycles. The molecule has 3 nitrogen and oxygen atoms in total. The van der Waals surface area contributed by atoms with Gasteiger partial charge in [-0.15, -0.1) is 0 Å². The number of aromatic nitrogens is 2. The number of hydrogen-bond acceptors (Lipinski definition) is 3. The molecule has 0 fully saturated rings. The lowest BCUT2D eigenvalue weighted by Crippen LogP contribution is -2.10. The molecule has 0 aliphatic rings. The van der Waals surface area contributed by atoms with Crippen LogP contribution in [0.4, 0.5) is 5.82 Å². The van der Waals surface area contributed by atoms with Crippen LogP contribution in [0.2, 0.25) is 0 Å². The zero-order chi connectivity index (χ0) is 10.6. The summed E-state index contributed by atoms with van der Waals surface area (Å²) in [7, 11) is 0. The van der Waals surface area contributed by atoms with Crippen LogP contribution in [0, 0.1) is 12.8 Å². The number of anilines is 1. The van der Waals surface area contributed by atoms with Crippen molar-refractivity contribution in [2.75, 3.05) is 11.9 Å². The second-order valence-electron chi connectivity index (χ2n) is 3.94. The Balaban J connectivity index is 2.71. The van der Waals surface area contributed by atoms with E-state index in [0.29, 0.717) is 5.92 Å². The van der Waals surface area contributed by atoms with Crippen molar-refractivity contribution >= 4 is 5.82 Å². The van der Waals surface area contributed by atoms with Crippen molar-refractivity contribution in [1.29, 1.82) is 0 Å². The van der Waals surface area contributed by atoms with Crippen LogP contribution in [0.15, 0.2) is 6.07 Å². The molecule has 0 spiro atoms. The maximum Gasteiger partial charge on any atom is 0.130 e. The number of nitrogens with zero attached hydrogens (tertiary/aromatic N) is 2. The van der Waals surface area contributed by atoms with Crippen LogP contribution in [0.25, 0.3) is 0 Å². The predicted molar refractivity (Wildman–Crippen MR) is 59.5 cm³/mol. The first-order valence-electron chi connectivity index (χ1n) is 5.20. The van der Waals surface area contributed by atoms with Crippen LogP contribution in [0.1, 0.15) is 32.3 Å². The molecule has 1 aromatic rings. The van der Waals surface area contributed by atoms with Gasteiger partial charge in [0.2, 0.25) is 0 Å². The molecule has 0 bridgehead atoms. The number of aryl methyl sites for hydroxylation is 2. The van der Waals surface area contributed by atoms with Gasteiger partial charge < -0.3 is 5.32 Å². The highest BCUT2D eigenvalue weighted by molar-refractivity contribution is 5.35. The Morgan fingerprint density at radius 2 is 2.07 bits per heavy atom. The molecule has 0 saturated carbocycles. The first-order chi connectivity index (χ1) is 6.61. The van der Waals surface area contributed by atoms with Gasteiger partial charge in [-0.25, -0.2) is 9.97 Å². The molecular weight excluding hydrogens is 174 g/mol. The van der Waals surface area contributed by atoms with E-state index in [4.69, 9.17) is 0 Å². The Bertz CT molecular complexity index is 295. The van der Waals surface area contributed by atoms with Crippen LogP contribution in [0.5, 0.6) is 0 Å². The van der Waals surface area contributed by atoms with Crippen molar-refractivity contribution in [2.45, 2.75) is 34.1 Å². The van der Waals surface area contributed by atoms with Crippen molar-refractivity contribution in [3.8, 4) is 0 Å². The van der Waals surface area contributed by atoms with E-state index >= 15 is 0 Å². The third kappa shape index (κ3) is 3.32. The summed E-state index contributed by atoms with van der Waals surface area (Å²) in [5.74, 6) is 2.50. The summed E-state index contributed by atoms with van der Waals surface area (Å²) in [6, 6.07) is 1.99. The van der Waals surface area contributed by atoms with Crippen LogP contribution in [-0.4, -0.2) is 16.5 Å². The Kier molecular flexibility index (Phi) is 3.86. The molecule has 0 amide bonds. The lowest BCUT2D eigenvalue weighted by Gasteiger charge is -2.09. The van der Waals surface area contributed by atoms with E-state index in [-0.39, 0.29) is 0 Å². The van der Waals surface area contributed by atoms with E-state index in [0.717, 1.165) is 30.3 Å². The highest BCUT2D eigenvalue weighted by atomic mass is 15.0. The molecule has 1 aromatic heterocycles. The van der Waals surface area contributed by atoms with Gasteiger partial charge in [-0.05, 0) is 12.8 Å². The van der Waals surface area contributed by atoms with Gasteiger partial charge in [0.25, 0.3) is 0 Å². The summed E-state index contributed by atoms with van der Waals surface area (Å²) in [6.45, 7) is 9.39. The van der Waals surface area contributed by atoms with E-state index in [2.05, 4.69) is 36.1 Å². The van der Waals surface area contributed by atoms with Crippen LogP contribution >= 0.6 is 0 Å². The van der Waals surface area contributed by atoms with Gasteiger partial charge in [-0.3, -0.25) is 0 Å². The zero-order valence-corrected chi connectivity index (χ0v) is 9.46. The molecule has 0 aliphatic carbocycles. The molecule has 3 heteroatoms. The third-order valence-corrected chi connectivity index (χ3v) is 1.91. The van der Waals surface area contributed by atoms with Crippen LogP contribution in [0.3, 0.4) is 0 Å². The van der Waals surface area contributed by atoms with Gasteiger partial charge in [0.15, 0.2) is 0 Å². The summed E-state index contributed by atoms with van der Waals surface area (Å²) >= 11 is 0. The Morgan fingerprint density at radius 3 is 2.64 bits per heavy atom. The maximum absolute atomic E-state index is 4.40. The van der Waals surface area contributed by atoms with Crippen molar-refractivity contribution in [2.24, 2.45) is 5.92 Å². The average molecular weight is 193 g/mol. The number of nitrogens with one attached hydrogen (secondary N) is 1. The van der Waals surface area contributed by atoms with E-state index in [1.807, 2.05) is 13.0 Å². The molecule has 78 valence electrons. The van der Waals surface area contributed by atoms with E-state index in [9.17, 15) is 0 Å². The summed E-state index contributed by atoms with van der Waals surface area (Å²) in [5.41, 5.74) is 1.03. The number of rotatable bonds is 4. The van der Waals surface area contributed by atoms with Crippen molar-refractivity contribution in [3.05, 3.63) is 17.6 Å². The van der Waals surface area contributed by atoms with E-state index in [1.165, 1.54) is 0 Å². The van der Waals surface area contributed by atoms with Gasteiger partial charge in [0, 0.05) is 24.7 Å². The normalized spacial score (nSPS) is 10.6. The topological polar surface area (TPSA) is 37.8 Å². The van der Waals surface area contributed by atoms with Gasteiger partial charge in [0.05, 0.1) is 0 Å². The highest BCUT2D eigenvalue weighted by Crippen LogP contribution is 2.07. The molecule has 1 rings (SSSR count). The molecular formula is C11H19N3. The number of hydrogen-bond donors (Lipinski definition) is 1. The molecule has 0 unspecified atom stereocenters. The SMILES string of the molecule is CCc1nc(C)cc(NCC(C)C)n1. The maximum atomic E-state index is 4.40. The Morgan fingerprint density at radius 1 is 1.36 bits per heavy atom. The van der Waals surface area contributed by atoms with Crippen molar-refractivity contribution in [1.82, 2.24) is 9.97 Å². The minimum absolute atomic E-state index is 0.635. The third-order valence-electron chi connectivity index (χ3n) is 1.91. The smallest absolute Gasteiger partial charge is 0.130 e. The van der Waals surface area contributed by atoms with Crippen molar-refractivity contribution in [3.63, 3.8) is 0 Å². The van der Waals surface area contributed by atoms with Gasteiger partial charge in [0.1, 0.15) is 11.6 Å². The summed E-state index contributed by atoms with van der Waals surface area (Å²) in [5, 5.41) is 3.31. The predicted octanol–water partition coefficient (Wildman–Crippen LogP) is 2.42. The lowest BCUT2D eigenvalue weighted by atomic mass is 10.2. The first-order valence-corrected chi connectivity index (χ1v) is 5.20. The molecule has 0 aromatic carbocycles. The molecule has 1 heterocycles. The Labute approximate surface area is 86.0 Å². The first kappa shape index (κ1) is 11.0. The Hall–Kier alpha value is -1.12. The quantitative estimate of drug-likeness (QED) is 0.798. The van der Waals surface area contributed by atoms with Crippen LogP contribution < -0.4 is 5.32 Å². The molecule has 14 heavy (non-hydrogen) atoms. The monoisotopic (exact) mass is 193 g/mol. The molecule has 0 radical (unpaired) electrons. The summed E-state index contributed by atoms with van der Waals surface area (Å²) in [6.07, 6.45) is 0.887. The lowest BCUT2D eigenvalue weighted by molar-refractivity contribution is 0.686. The van der Waals surface area contributed by atoms with Gasteiger partial charge >= 0.3 is 0 Å². The fraction of sp³-hybridized carbons (Fsp3) is 0.636. The van der Waals surface area contributed by atoms with E-state index in [1.54, 1.807) is 0 Å². The highest BCUT2D eigenvalue weighted by Gasteiger charge is 2.00. The minimum atomic E-state index is 0.635.